The molecule has 2 atom stereocenters. The molecule has 8 heteroatoms. The van der Waals surface area contributed by atoms with Crippen molar-refractivity contribution in [2.45, 2.75) is 30.8 Å². The summed E-state index contributed by atoms with van der Waals surface area (Å²) in [6.07, 6.45) is 0. The summed E-state index contributed by atoms with van der Waals surface area (Å²) in [6.45, 7) is 5.41. The first-order valence-electron chi connectivity index (χ1n) is 7.09. The Balaban J connectivity index is 2.05. The molecule has 0 aliphatic carbocycles. The molecule has 1 heterocycles. The van der Waals surface area contributed by atoms with E-state index >= 15 is 0 Å². The molecular formula is C14H20ClN3O3S. The Labute approximate surface area is 135 Å². The fourth-order valence-electron chi connectivity index (χ4n) is 2.37. The fourth-order valence-corrected chi connectivity index (χ4v) is 3.69. The molecule has 122 valence electrons. The zero-order chi connectivity index (χ0) is 16.3. The van der Waals surface area contributed by atoms with Gasteiger partial charge in [-0.2, -0.15) is 4.72 Å². The lowest BCUT2D eigenvalue weighted by molar-refractivity contribution is -0.133. The standard InChI is InChI=1S/C14H20ClN3O3S/c1-10-9-18(8-7-16-10)14(19)11(2)17-22(20,21)13-5-3-12(15)4-6-13/h3-6,10-11,16-17H,7-9H2,1-2H3. The lowest BCUT2D eigenvalue weighted by atomic mass is 10.2. The van der Waals surface area contributed by atoms with Crippen molar-refractivity contribution in [2.24, 2.45) is 0 Å². The highest BCUT2D eigenvalue weighted by Crippen LogP contribution is 2.14. The van der Waals surface area contributed by atoms with Crippen molar-refractivity contribution < 1.29 is 13.2 Å². The largest absolute Gasteiger partial charge is 0.338 e. The summed E-state index contributed by atoms with van der Waals surface area (Å²) in [4.78, 5) is 14.1. The van der Waals surface area contributed by atoms with Gasteiger partial charge in [0.2, 0.25) is 15.9 Å². The average Bonchev–Trinajstić information content (AvgIpc) is 2.46. The quantitative estimate of drug-likeness (QED) is 0.847. The van der Waals surface area contributed by atoms with E-state index in [1.165, 1.54) is 24.3 Å². The van der Waals surface area contributed by atoms with E-state index in [4.69, 9.17) is 11.6 Å². The predicted molar refractivity (Wildman–Crippen MR) is 85.3 cm³/mol. The van der Waals surface area contributed by atoms with Crippen LogP contribution in [0.2, 0.25) is 5.02 Å². The number of halogens is 1. The zero-order valence-corrected chi connectivity index (χ0v) is 14.1. The molecule has 0 radical (unpaired) electrons. The summed E-state index contributed by atoms with van der Waals surface area (Å²) >= 11 is 5.75. The van der Waals surface area contributed by atoms with Crippen molar-refractivity contribution >= 4 is 27.5 Å². The minimum absolute atomic E-state index is 0.0882. The third-order valence-corrected chi connectivity index (χ3v) is 5.32. The molecule has 2 rings (SSSR count). The Kier molecular flexibility index (Phi) is 5.44. The lowest BCUT2D eigenvalue weighted by Gasteiger charge is -2.33. The number of carbonyl (C=O) groups excluding carboxylic acids is 1. The first-order chi connectivity index (χ1) is 10.3. The Hall–Kier alpha value is -1.15. The molecule has 2 unspecified atom stereocenters. The highest BCUT2D eigenvalue weighted by molar-refractivity contribution is 7.89. The normalized spacial score (nSPS) is 20.7. The van der Waals surface area contributed by atoms with E-state index in [-0.39, 0.29) is 16.8 Å². The van der Waals surface area contributed by atoms with Gasteiger partial charge < -0.3 is 10.2 Å². The molecule has 1 saturated heterocycles. The number of nitrogens with zero attached hydrogens (tertiary/aromatic N) is 1. The fraction of sp³-hybridized carbons (Fsp3) is 0.500. The van der Waals surface area contributed by atoms with E-state index in [1.807, 2.05) is 6.92 Å². The number of carbonyl (C=O) groups is 1. The third kappa shape index (κ3) is 4.19. The van der Waals surface area contributed by atoms with E-state index in [0.717, 1.165) is 0 Å². The number of sulfonamides is 1. The molecule has 1 fully saturated rings. The second-order valence-electron chi connectivity index (χ2n) is 5.44. The van der Waals surface area contributed by atoms with Crippen LogP contribution < -0.4 is 10.0 Å². The zero-order valence-electron chi connectivity index (χ0n) is 12.5. The average molecular weight is 346 g/mol. The number of hydrogen-bond acceptors (Lipinski definition) is 4. The summed E-state index contributed by atoms with van der Waals surface area (Å²) < 4.78 is 27.0. The monoisotopic (exact) mass is 345 g/mol. The summed E-state index contributed by atoms with van der Waals surface area (Å²) in [5, 5.41) is 3.70. The SMILES string of the molecule is CC1CN(C(=O)C(C)NS(=O)(=O)c2ccc(Cl)cc2)CCN1. The summed E-state index contributed by atoms with van der Waals surface area (Å²) in [6, 6.07) is 5.22. The van der Waals surface area contributed by atoms with Crippen molar-refractivity contribution in [3.05, 3.63) is 29.3 Å². The van der Waals surface area contributed by atoms with Crippen LogP contribution >= 0.6 is 11.6 Å². The van der Waals surface area contributed by atoms with Crippen LogP contribution in [0.15, 0.2) is 29.2 Å². The molecule has 1 aliphatic heterocycles. The molecule has 0 bridgehead atoms. The van der Waals surface area contributed by atoms with Gasteiger partial charge in [-0.25, -0.2) is 8.42 Å². The topological polar surface area (TPSA) is 78.5 Å². The maximum absolute atomic E-state index is 12.4. The van der Waals surface area contributed by atoms with Crippen LogP contribution in [-0.2, 0) is 14.8 Å². The Morgan fingerprint density at radius 3 is 2.64 bits per heavy atom. The lowest BCUT2D eigenvalue weighted by Crippen LogP contribution is -2.55. The van der Waals surface area contributed by atoms with Crippen LogP contribution in [0.3, 0.4) is 0 Å². The van der Waals surface area contributed by atoms with Gasteiger partial charge in [0.1, 0.15) is 0 Å². The highest BCUT2D eigenvalue weighted by Gasteiger charge is 2.28. The number of nitrogens with one attached hydrogen (secondary N) is 2. The van der Waals surface area contributed by atoms with Gasteiger partial charge in [-0.3, -0.25) is 4.79 Å². The molecule has 1 aromatic carbocycles. The van der Waals surface area contributed by atoms with E-state index in [2.05, 4.69) is 10.0 Å². The van der Waals surface area contributed by atoms with Crippen molar-refractivity contribution in [1.29, 1.82) is 0 Å². The van der Waals surface area contributed by atoms with Gasteiger partial charge in [-0.05, 0) is 38.1 Å². The maximum Gasteiger partial charge on any atom is 0.241 e. The van der Waals surface area contributed by atoms with Gasteiger partial charge in [0.05, 0.1) is 10.9 Å². The molecule has 1 aliphatic rings. The van der Waals surface area contributed by atoms with Crippen molar-refractivity contribution in [2.75, 3.05) is 19.6 Å². The third-order valence-electron chi connectivity index (χ3n) is 3.51. The second kappa shape index (κ2) is 6.95. The molecule has 1 amide bonds. The Morgan fingerprint density at radius 2 is 2.05 bits per heavy atom. The van der Waals surface area contributed by atoms with Gasteiger partial charge >= 0.3 is 0 Å². The Bertz CT molecular complexity index is 633. The minimum Gasteiger partial charge on any atom is -0.338 e. The summed E-state index contributed by atoms with van der Waals surface area (Å²) in [5.74, 6) is -0.217. The van der Waals surface area contributed by atoms with E-state index in [1.54, 1.807) is 11.8 Å². The number of hydrogen-bond donors (Lipinski definition) is 2. The Morgan fingerprint density at radius 1 is 1.41 bits per heavy atom. The highest BCUT2D eigenvalue weighted by atomic mass is 35.5. The van der Waals surface area contributed by atoms with Gasteiger partial charge in [0, 0.05) is 30.7 Å². The molecule has 0 saturated carbocycles. The molecule has 22 heavy (non-hydrogen) atoms. The van der Waals surface area contributed by atoms with Crippen molar-refractivity contribution in [3.63, 3.8) is 0 Å². The number of rotatable bonds is 4. The van der Waals surface area contributed by atoms with Crippen LogP contribution in [0.5, 0.6) is 0 Å². The van der Waals surface area contributed by atoms with Crippen LogP contribution in [0.25, 0.3) is 0 Å². The van der Waals surface area contributed by atoms with Gasteiger partial charge in [-0.15, -0.1) is 0 Å². The van der Waals surface area contributed by atoms with E-state index in [0.29, 0.717) is 24.7 Å². The maximum atomic E-state index is 12.4. The first-order valence-corrected chi connectivity index (χ1v) is 8.96. The summed E-state index contributed by atoms with van der Waals surface area (Å²) in [5.41, 5.74) is 0. The van der Waals surface area contributed by atoms with Crippen molar-refractivity contribution in [1.82, 2.24) is 14.9 Å². The second-order valence-corrected chi connectivity index (χ2v) is 7.59. The molecule has 0 aromatic heterocycles. The molecule has 6 nitrogen and oxygen atoms in total. The van der Waals surface area contributed by atoms with Crippen LogP contribution in [-0.4, -0.2) is 50.9 Å². The van der Waals surface area contributed by atoms with Gasteiger partial charge in [0.15, 0.2) is 0 Å². The van der Waals surface area contributed by atoms with Crippen LogP contribution in [0.4, 0.5) is 0 Å². The van der Waals surface area contributed by atoms with E-state index in [9.17, 15) is 13.2 Å². The minimum atomic E-state index is -3.75. The first kappa shape index (κ1) is 17.2. The van der Waals surface area contributed by atoms with Crippen LogP contribution in [0.1, 0.15) is 13.8 Å². The van der Waals surface area contributed by atoms with Crippen LogP contribution in [0, 0.1) is 0 Å². The van der Waals surface area contributed by atoms with Gasteiger partial charge in [-0.1, -0.05) is 11.6 Å². The molecule has 2 N–H and O–H groups in total. The van der Waals surface area contributed by atoms with Crippen molar-refractivity contribution in [3.8, 4) is 0 Å². The summed E-state index contributed by atoms with van der Waals surface area (Å²) in [7, 11) is -3.75. The number of piperazine rings is 1. The van der Waals surface area contributed by atoms with E-state index < -0.39 is 16.1 Å². The predicted octanol–water partition coefficient (Wildman–Crippen LogP) is 0.827. The number of amides is 1. The molecular weight excluding hydrogens is 326 g/mol. The molecule has 1 aromatic rings. The molecule has 0 spiro atoms. The number of benzene rings is 1. The van der Waals surface area contributed by atoms with Gasteiger partial charge in [0.25, 0.3) is 0 Å². The smallest absolute Gasteiger partial charge is 0.241 e.